The number of aryl methyl sites for hydroxylation is 1. The largest absolute Gasteiger partial charge is 0.370 e. The second-order valence-electron chi connectivity index (χ2n) is 8.07. The number of thiophene rings is 1. The van der Waals surface area contributed by atoms with E-state index in [0.29, 0.717) is 12.6 Å². The fourth-order valence-electron chi connectivity index (χ4n) is 4.43. The van der Waals surface area contributed by atoms with Crippen LogP contribution in [0.2, 0.25) is 0 Å². The number of nitrogens with zero attached hydrogens (tertiary/aromatic N) is 4. The highest BCUT2D eigenvalue weighted by Gasteiger charge is 2.44. The zero-order valence-corrected chi connectivity index (χ0v) is 18.4. The minimum atomic E-state index is -3.12. The van der Waals surface area contributed by atoms with Crippen molar-refractivity contribution in [3.8, 4) is 0 Å². The first-order chi connectivity index (χ1) is 13.3. The van der Waals surface area contributed by atoms with E-state index < -0.39 is 9.84 Å². The third kappa shape index (κ3) is 4.03. The van der Waals surface area contributed by atoms with E-state index in [1.165, 1.54) is 26.3 Å². The van der Waals surface area contributed by atoms with Gasteiger partial charge in [-0.2, -0.15) is 0 Å². The zero-order valence-electron chi connectivity index (χ0n) is 16.7. The molecular formula is C19H28N4O3S2. The Balaban J connectivity index is 1.46. The summed E-state index contributed by atoms with van der Waals surface area (Å²) in [6.07, 6.45) is 6.99. The van der Waals surface area contributed by atoms with E-state index in [2.05, 4.69) is 35.1 Å². The molecule has 1 spiro atoms. The molecule has 1 fully saturated rings. The molecule has 2 atom stereocenters. The van der Waals surface area contributed by atoms with Gasteiger partial charge in [-0.05, 0) is 37.8 Å². The molecule has 154 valence electrons. The molecule has 2 aliphatic heterocycles. The minimum absolute atomic E-state index is 0.132. The summed E-state index contributed by atoms with van der Waals surface area (Å²) in [5, 5.41) is 8.12. The lowest BCUT2D eigenvalue weighted by Gasteiger charge is -2.47. The second kappa shape index (κ2) is 7.51. The van der Waals surface area contributed by atoms with Crippen LogP contribution in [0.5, 0.6) is 0 Å². The summed E-state index contributed by atoms with van der Waals surface area (Å²) in [7, 11) is -3.12. The maximum absolute atomic E-state index is 11.4. The molecule has 0 amide bonds. The van der Waals surface area contributed by atoms with E-state index in [-0.39, 0.29) is 11.5 Å². The molecule has 0 N–H and O–H groups in total. The summed E-state index contributed by atoms with van der Waals surface area (Å²) in [5.41, 5.74) is 2.08. The molecule has 2 aromatic rings. The van der Waals surface area contributed by atoms with E-state index >= 15 is 0 Å². The maximum Gasteiger partial charge on any atom is 0.167 e. The van der Waals surface area contributed by atoms with Gasteiger partial charge in [0.2, 0.25) is 0 Å². The van der Waals surface area contributed by atoms with Crippen molar-refractivity contribution in [2.45, 2.75) is 63.6 Å². The quantitative estimate of drug-likeness (QED) is 0.733. The van der Waals surface area contributed by atoms with Crippen molar-refractivity contribution in [1.29, 1.82) is 0 Å². The van der Waals surface area contributed by atoms with Gasteiger partial charge in [0.25, 0.3) is 0 Å². The molecule has 9 heteroatoms. The van der Waals surface area contributed by atoms with Crippen molar-refractivity contribution in [3.05, 3.63) is 33.3 Å². The molecule has 28 heavy (non-hydrogen) atoms. The average molecular weight is 425 g/mol. The Kier molecular flexibility index (Phi) is 5.37. The van der Waals surface area contributed by atoms with Crippen molar-refractivity contribution >= 4 is 21.2 Å². The smallest absolute Gasteiger partial charge is 0.167 e. The van der Waals surface area contributed by atoms with Gasteiger partial charge in [0.15, 0.2) is 9.84 Å². The van der Waals surface area contributed by atoms with E-state index in [0.717, 1.165) is 44.5 Å². The lowest BCUT2D eigenvalue weighted by atomic mass is 9.79. The molecule has 0 bridgehead atoms. The Morgan fingerprint density at radius 2 is 2.25 bits per heavy atom. The molecule has 1 saturated heterocycles. The topological polar surface area (TPSA) is 77.3 Å². The van der Waals surface area contributed by atoms with Crippen molar-refractivity contribution < 1.29 is 13.2 Å². The van der Waals surface area contributed by atoms with Crippen LogP contribution < -0.4 is 0 Å². The van der Waals surface area contributed by atoms with Crippen molar-refractivity contribution in [2.75, 3.05) is 19.4 Å². The highest BCUT2D eigenvalue weighted by molar-refractivity contribution is 7.89. The van der Waals surface area contributed by atoms with Gasteiger partial charge in [-0.1, -0.05) is 12.1 Å². The Bertz CT molecular complexity index is 952. The molecule has 4 heterocycles. The number of piperidine rings is 1. The van der Waals surface area contributed by atoms with Crippen LogP contribution >= 0.6 is 11.3 Å². The fraction of sp³-hybridized carbons (Fsp3) is 0.684. The highest BCUT2D eigenvalue weighted by Crippen LogP contribution is 2.46. The third-order valence-corrected chi connectivity index (χ3v) is 7.85. The number of aromatic nitrogens is 3. The number of hydrogen-bond acceptors (Lipinski definition) is 7. The SMILES string of the molecule is CCc1cc2c(s1)CCOC21CCN(Cc2cn(CS(C)(=O)=O)nn2)[C@@H](C)C1. The Hall–Kier alpha value is -1.29. The van der Waals surface area contributed by atoms with E-state index in [1.54, 1.807) is 6.20 Å². The van der Waals surface area contributed by atoms with Crippen molar-refractivity contribution in [1.82, 2.24) is 19.9 Å². The number of ether oxygens (including phenoxy) is 1. The first-order valence-electron chi connectivity index (χ1n) is 9.85. The van der Waals surface area contributed by atoms with Gasteiger partial charge >= 0.3 is 0 Å². The van der Waals surface area contributed by atoms with Gasteiger partial charge in [0, 0.05) is 41.6 Å². The number of fused-ring (bicyclic) bond motifs is 2. The maximum atomic E-state index is 11.4. The lowest BCUT2D eigenvalue weighted by molar-refractivity contribution is -0.112. The highest BCUT2D eigenvalue weighted by atomic mass is 32.2. The van der Waals surface area contributed by atoms with Crippen LogP contribution in [0.25, 0.3) is 0 Å². The number of hydrogen-bond donors (Lipinski definition) is 0. The van der Waals surface area contributed by atoms with E-state index in [4.69, 9.17) is 4.74 Å². The Labute approximate surface area is 170 Å². The van der Waals surface area contributed by atoms with Crippen LogP contribution in [0, 0.1) is 0 Å². The number of sulfone groups is 1. The van der Waals surface area contributed by atoms with E-state index in [9.17, 15) is 8.42 Å². The van der Waals surface area contributed by atoms with Crippen molar-refractivity contribution in [3.63, 3.8) is 0 Å². The Morgan fingerprint density at radius 1 is 1.43 bits per heavy atom. The number of likely N-dealkylation sites (tertiary alicyclic amines) is 1. The summed E-state index contributed by atoms with van der Waals surface area (Å²) < 4.78 is 30.7. The predicted molar refractivity (Wildman–Crippen MR) is 109 cm³/mol. The lowest BCUT2D eigenvalue weighted by Crippen LogP contribution is -2.50. The molecule has 2 aliphatic rings. The van der Waals surface area contributed by atoms with Gasteiger partial charge < -0.3 is 4.74 Å². The summed E-state index contributed by atoms with van der Waals surface area (Å²) >= 11 is 1.95. The van der Waals surface area contributed by atoms with Crippen LogP contribution in [-0.4, -0.2) is 53.8 Å². The average Bonchev–Trinajstić information content (AvgIpc) is 3.23. The summed E-state index contributed by atoms with van der Waals surface area (Å²) in [6, 6.07) is 2.72. The Morgan fingerprint density at radius 3 is 2.96 bits per heavy atom. The molecule has 2 aromatic heterocycles. The van der Waals surface area contributed by atoms with Gasteiger partial charge in [-0.25, -0.2) is 13.1 Å². The first kappa shape index (κ1) is 20.0. The van der Waals surface area contributed by atoms with Crippen LogP contribution in [0.3, 0.4) is 0 Å². The third-order valence-electron chi connectivity index (χ3n) is 5.78. The zero-order chi connectivity index (χ0) is 19.9. The summed E-state index contributed by atoms with van der Waals surface area (Å²) in [5.74, 6) is -0.132. The van der Waals surface area contributed by atoms with Gasteiger partial charge in [0.05, 0.1) is 24.1 Å². The van der Waals surface area contributed by atoms with Gasteiger partial charge in [-0.15, -0.1) is 16.4 Å². The van der Waals surface area contributed by atoms with Gasteiger partial charge in [-0.3, -0.25) is 4.90 Å². The monoisotopic (exact) mass is 424 g/mol. The molecule has 7 nitrogen and oxygen atoms in total. The van der Waals surface area contributed by atoms with Gasteiger partial charge in [0.1, 0.15) is 5.88 Å². The standard InChI is InChI=1S/C19H28N4O3S2/c1-4-16-9-17-18(27-16)5-8-26-19(17)6-7-22(14(2)10-19)11-15-12-23(21-20-15)13-28(3,24)25/h9,12,14H,4-8,10-11,13H2,1-3H3/t14-,19?/m0/s1. The minimum Gasteiger partial charge on any atom is -0.370 e. The molecule has 4 rings (SSSR count). The van der Waals surface area contributed by atoms with Crippen LogP contribution in [-0.2, 0) is 45.4 Å². The normalized spacial score (nSPS) is 25.9. The first-order valence-corrected chi connectivity index (χ1v) is 12.7. The van der Waals surface area contributed by atoms with Crippen LogP contribution in [0.4, 0.5) is 0 Å². The number of rotatable bonds is 5. The summed E-state index contributed by atoms with van der Waals surface area (Å²) in [4.78, 5) is 5.35. The van der Waals surface area contributed by atoms with E-state index in [1.807, 2.05) is 11.3 Å². The van der Waals surface area contributed by atoms with Crippen LogP contribution in [0.1, 0.15) is 47.7 Å². The molecule has 0 aromatic carbocycles. The molecule has 0 radical (unpaired) electrons. The van der Waals surface area contributed by atoms with Crippen molar-refractivity contribution in [2.24, 2.45) is 0 Å². The predicted octanol–water partition coefficient (Wildman–Crippen LogP) is 2.36. The molecular weight excluding hydrogens is 396 g/mol. The second-order valence-corrected chi connectivity index (χ2v) is 11.4. The summed E-state index contributed by atoms with van der Waals surface area (Å²) in [6.45, 7) is 6.87. The molecule has 0 saturated carbocycles. The molecule has 1 unspecified atom stereocenters. The molecule has 0 aliphatic carbocycles. The fourth-order valence-corrected chi connectivity index (χ4v) is 6.22. The van der Waals surface area contributed by atoms with Crippen LogP contribution in [0.15, 0.2) is 12.3 Å².